The maximum absolute atomic E-state index is 11.8. The van der Waals surface area contributed by atoms with Crippen LogP contribution in [0.4, 0.5) is 0 Å². The molecule has 0 N–H and O–H groups in total. The molecule has 0 amide bonds. The Balaban J connectivity index is 2.18. The normalized spacial score (nSPS) is 16.9. The number of ether oxygens (including phenoxy) is 1. The van der Waals surface area contributed by atoms with Gasteiger partial charge < -0.3 is 9.94 Å². The highest BCUT2D eigenvalue weighted by atomic mass is 16.5. The fraction of sp³-hybridized carbons (Fsp3) is 0.462. The quantitative estimate of drug-likeness (QED) is 0.337. The monoisotopic (exact) mass is 219 g/mol. The first-order chi connectivity index (χ1) is 7.81. The lowest BCUT2D eigenvalue weighted by atomic mass is 9.93. The van der Waals surface area contributed by atoms with Gasteiger partial charge >= 0.3 is 0 Å². The summed E-state index contributed by atoms with van der Waals surface area (Å²) in [6.45, 7) is 2.56. The third kappa shape index (κ3) is 2.35. The second-order valence-corrected chi connectivity index (χ2v) is 4.04. The number of benzene rings is 1. The van der Waals surface area contributed by atoms with E-state index in [0.29, 0.717) is 6.61 Å². The highest BCUT2D eigenvalue weighted by molar-refractivity contribution is 5.80. The van der Waals surface area contributed by atoms with Crippen molar-refractivity contribution in [2.24, 2.45) is 0 Å². The molecule has 0 radical (unpaired) electrons. The minimum Gasteiger partial charge on any atom is -0.624 e. The molecule has 3 heteroatoms. The molecule has 0 bridgehead atoms. The summed E-state index contributed by atoms with van der Waals surface area (Å²) >= 11 is 0. The van der Waals surface area contributed by atoms with Crippen molar-refractivity contribution in [3.05, 3.63) is 35.0 Å². The average Bonchev–Trinajstić information content (AvgIpc) is 2.18. The molecule has 1 saturated carbocycles. The van der Waals surface area contributed by atoms with Crippen LogP contribution in [0.5, 0.6) is 5.75 Å². The fourth-order valence-corrected chi connectivity index (χ4v) is 1.76. The van der Waals surface area contributed by atoms with Gasteiger partial charge in [0, 0.05) is 12.8 Å². The van der Waals surface area contributed by atoms with Crippen LogP contribution in [0, 0.1) is 5.21 Å². The zero-order valence-corrected chi connectivity index (χ0v) is 9.56. The standard InChI is InChI=1S/C13H17NO2/c1-2-16-13-9-4-3-6-11(13)10-14(15)12-7-5-8-12/h3-4,6,9-10,12H,2,5,7-8H2,1H3/b14-10-. The van der Waals surface area contributed by atoms with Gasteiger partial charge in [-0.05, 0) is 25.5 Å². The molecule has 0 unspecified atom stereocenters. The summed E-state index contributed by atoms with van der Waals surface area (Å²) in [5, 5.41) is 11.8. The van der Waals surface area contributed by atoms with Crippen LogP contribution in [-0.2, 0) is 0 Å². The average molecular weight is 219 g/mol. The third-order valence-corrected chi connectivity index (χ3v) is 2.92. The lowest BCUT2D eigenvalue weighted by molar-refractivity contribution is -0.510. The van der Waals surface area contributed by atoms with Crippen LogP contribution in [0.15, 0.2) is 24.3 Å². The number of para-hydroxylation sites is 1. The summed E-state index contributed by atoms with van der Waals surface area (Å²) in [5.41, 5.74) is 0.867. The molecular weight excluding hydrogens is 202 g/mol. The van der Waals surface area contributed by atoms with Crippen LogP contribution in [-0.4, -0.2) is 23.6 Å². The minimum atomic E-state index is 0.176. The van der Waals surface area contributed by atoms with E-state index >= 15 is 0 Å². The molecule has 1 aliphatic carbocycles. The Morgan fingerprint density at radius 3 is 2.81 bits per heavy atom. The van der Waals surface area contributed by atoms with E-state index in [2.05, 4.69) is 0 Å². The summed E-state index contributed by atoms with van der Waals surface area (Å²) in [4.78, 5) is 0. The SMILES string of the molecule is CCOc1ccccc1/C=[N+](\[O-])C1CCC1. The lowest BCUT2D eigenvalue weighted by Gasteiger charge is -2.23. The van der Waals surface area contributed by atoms with Crippen molar-refractivity contribution in [2.45, 2.75) is 32.2 Å². The topological polar surface area (TPSA) is 35.3 Å². The van der Waals surface area contributed by atoms with Crippen molar-refractivity contribution in [1.82, 2.24) is 0 Å². The van der Waals surface area contributed by atoms with Crippen LogP contribution in [0.3, 0.4) is 0 Å². The van der Waals surface area contributed by atoms with Crippen molar-refractivity contribution in [3.8, 4) is 5.75 Å². The fourth-order valence-electron chi connectivity index (χ4n) is 1.76. The molecule has 0 heterocycles. The Morgan fingerprint density at radius 2 is 2.19 bits per heavy atom. The molecule has 1 aliphatic rings. The summed E-state index contributed by atoms with van der Waals surface area (Å²) in [7, 11) is 0. The van der Waals surface area contributed by atoms with Gasteiger partial charge in [0.1, 0.15) is 5.75 Å². The summed E-state index contributed by atoms with van der Waals surface area (Å²) in [6.07, 6.45) is 4.84. The molecule has 0 spiro atoms. The molecule has 86 valence electrons. The Kier molecular flexibility index (Phi) is 3.44. The highest BCUT2D eigenvalue weighted by Crippen LogP contribution is 2.22. The van der Waals surface area contributed by atoms with Gasteiger partial charge in [0.2, 0.25) is 0 Å². The first-order valence-corrected chi connectivity index (χ1v) is 5.83. The lowest BCUT2D eigenvalue weighted by Crippen LogP contribution is -2.29. The van der Waals surface area contributed by atoms with Crippen LogP contribution in [0.25, 0.3) is 0 Å². The van der Waals surface area contributed by atoms with Gasteiger partial charge in [-0.2, -0.15) is 0 Å². The Labute approximate surface area is 95.9 Å². The van der Waals surface area contributed by atoms with Gasteiger partial charge in [-0.3, -0.25) is 0 Å². The number of hydrogen-bond donors (Lipinski definition) is 0. The maximum atomic E-state index is 11.8. The molecule has 0 saturated heterocycles. The van der Waals surface area contributed by atoms with Crippen LogP contribution < -0.4 is 4.74 Å². The van der Waals surface area contributed by atoms with Crippen molar-refractivity contribution in [2.75, 3.05) is 6.61 Å². The molecule has 2 rings (SSSR count). The molecule has 0 atom stereocenters. The number of hydrogen-bond acceptors (Lipinski definition) is 2. The van der Waals surface area contributed by atoms with Crippen LogP contribution in [0.1, 0.15) is 31.7 Å². The van der Waals surface area contributed by atoms with Crippen molar-refractivity contribution in [3.63, 3.8) is 0 Å². The van der Waals surface area contributed by atoms with E-state index in [-0.39, 0.29) is 6.04 Å². The van der Waals surface area contributed by atoms with E-state index in [9.17, 15) is 5.21 Å². The Bertz CT molecular complexity index is 383. The highest BCUT2D eigenvalue weighted by Gasteiger charge is 2.24. The molecule has 16 heavy (non-hydrogen) atoms. The van der Waals surface area contributed by atoms with Gasteiger partial charge in [-0.1, -0.05) is 12.1 Å². The van der Waals surface area contributed by atoms with Crippen molar-refractivity contribution in [1.29, 1.82) is 0 Å². The predicted octanol–water partition coefficient (Wildman–Crippen LogP) is 2.57. The maximum Gasteiger partial charge on any atom is 0.185 e. The van der Waals surface area contributed by atoms with Crippen molar-refractivity contribution >= 4 is 6.21 Å². The van der Waals surface area contributed by atoms with Gasteiger partial charge in [0.15, 0.2) is 12.3 Å². The number of hydroxylamine groups is 1. The minimum absolute atomic E-state index is 0.176. The Morgan fingerprint density at radius 1 is 1.44 bits per heavy atom. The van der Waals surface area contributed by atoms with Gasteiger partial charge in [0.25, 0.3) is 0 Å². The molecule has 0 aliphatic heterocycles. The molecule has 1 aromatic carbocycles. The zero-order chi connectivity index (χ0) is 11.4. The van der Waals surface area contributed by atoms with E-state index in [0.717, 1.165) is 28.9 Å². The Hall–Kier alpha value is -1.51. The van der Waals surface area contributed by atoms with Gasteiger partial charge in [0.05, 0.1) is 12.2 Å². The molecular formula is C13H17NO2. The first kappa shape index (κ1) is 11.0. The molecule has 1 aromatic rings. The molecule has 1 fully saturated rings. The van der Waals surface area contributed by atoms with E-state index < -0.39 is 0 Å². The van der Waals surface area contributed by atoms with Crippen LogP contribution in [0.2, 0.25) is 0 Å². The zero-order valence-electron chi connectivity index (χ0n) is 9.56. The van der Waals surface area contributed by atoms with E-state index in [1.165, 1.54) is 6.42 Å². The summed E-state index contributed by atoms with van der Waals surface area (Å²) in [6, 6.07) is 7.82. The van der Waals surface area contributed by atoms with Crippen molar-refractivity contribution < 1.29 is 9.48 Å². The largest absolute Gasteiger partial charge is 0.624 e. The second-order valence-electron chi connectivity index (χ2n) is 4.04. The first-order valence-electron chi connectivity index (χ1n) is 5.83. The number of nitrogens with zero attached hydrogens (tertiary/aromatic N) is 1. The van der Waals surface area contributed by atoms with E-state index in [4.69, 9.17) is 4.74 Å². The third-order valence-electron chi connectivity index (χ3n) is 2.92. The predicted molar refractivity (Wildman–Crippen MR) is 64.0 cm³/mol. The second kappa shape index (κ2) is 5.01. The number of rotatable bonds is 4. The van der Waals surface area contributed by atoms with E-state index in [1.54, 1.807) is 6.21 Å². The molecule has 0 aromatic heterocycles. The summed E-state index contributed by atoms with van der Waals surface area (Å²) in [5.74, 6) is 0.783. The van der Waals surface area contributed by atoms with Crippen LogP contribution >= 0.6 is 0 Å². The smallest absolute Gasteiger partial charge is 0.185 e. The van der Waals surface area contributed by atoms with Gasteiger partial charge in [-0.25, -0.2) is 4.74 Å². The molecule has 3 nitrogen and oxygen atoms in total. The summed E-state index contributed by atoms with van der Waals surface area (Å²) < 4.78 is 6.54. The van der Waals surface area contributed by atoms with Gasteiger partial charge in [-0.15, -0.1) is 0 Å². The van der Waals surface area contributed by atoms with E-state index in [1.807, 2.05) is 31.2 Å².